The topological polar surface area (TPSA) is 52.7 Å². The third-order valence-corrected chi connectivity index (χ3v) is 6.73. The third kappa shape index (κ3) is 4.81. The first-order valence-electron chi connectivity index (χ1n) is 11.3. The predicted octanol–water partition coefficient (Wildman–Crippen LogP) is 4.88. The molecule has 0 bridgehead atoms. The molecule has 2 aromatic carbocycles. The van der Waals surface area contributed by atoms with Crippen LogP contribution in [-0.4, -0.2) is 48.4 Å². The first kappa shape index (κ1) is 22.7. The number of nitrogens with zero attached hydrogens (tertiary/aromatic N) is 2. The molecule has 0 radical (unpaired) electrons. The molecule has 2 amide bonds. The molecule has 0 atom stereocenters. The Bertz CT molecular complexity index is 1020. The van der Waals surface area contributed by atoms with Gasteiger partial charge in [-0.15, -0.1) is 0 Å². The van der Waals surface area contributed by atoms with Crippen molar-refractivity contribution in [2.45, 2.75) is 51.6 Å². The molecular weight excluding hydrogens is 429 g/mol. The Kier molecular flexibility index (Phi) is 6.82. The Hall–Kier alpha value is -2.44. The van der Waals surface area contributed by atoms with Crippen LogP contribution in [0.2, 0.25) is 5.02 Å². The van der Waals surface area contributed by atoms with E-state index in [-0.39, 0.29) is 22.9 Å². The van der Waals surface area contributed by atoms with Gasteiger partial charge in [0, 0.05) is 49.4 Å². The van der Waals surface area contributed by atoms with E-state index >= 15 is 0 Å². The van der Waals surface area contributed by atoms with Crippen LogP contribution in [0.5, 0.6) is 0 Å². The van der Waals surface area contributed by atoms with Crippen molar-refractivity contribution in [1.29, 1.82) is 0 Å². The quantitative estimate of drug-likeness (QED) is 0.696. The number of anilines is 1. The first-order chi connectivity index (χ1) is 15.3. The predicted molar refractivity (Wildman–Crippen MR) is 126 cm³/mol. The fraction of sp³-hybridized carbons (Fsp3) is 0.440. The van der Waals surface area contributed by atoms with E-state index in [1.165, 1.54) is 12.1 Å². The number of carbonyl (C=O) groups excluding carboxylic acids is 2. The second-order valence-electron chi connectivity index (χ2n) is 8.89. The molecule has 170 valence electrons. The molecule has 0 saturated carbocycles. The number of nitrogens with one attached hydrogen (secondary N) is 1. The van der Waals surface area contributed by atoms with Gasteiger partial charge in [0.05, 0.1) is 5.02 Å². The van der Waals surface area contributed by atoms with E-state index < -0.39 is 5.82 Å². The molecule has 0 spiro atoms. The molecule has 32 heavy (non-hydrogen) atoms. The first-order valence-corrected chi connectivity index (χ1v) is 11.7. The Balaban J connectivity index is 1.60. The second kappa shape index (κ2) is 9.59. The van der Waals surface area contributed by atoms with Crippen molar-refractivity contribution in [1.82, 2.24) is 10.2 Å². The molecule has 0 aromatic heterocycles. The number of carbonyl (C=O) groups is 2. The van der Waals surface area contributed by atoms with Crippen molar-refractivity contribution < 1.29 is 14.0 Å². The van der Waals surface area contributed by atoms with Gasteiger partial charge in [0.2, 0.25) is 5.91 Å². The summed E-state index contributed by atoms with van der Waals surface area (Å²) >= 11 is 6.05. The highest BCUT2D eigenvalue weighted by molar-refractivity contribution is 6.31. The fourth-order valence-corrected chi connectivity index (χ4v) is 4.72. The van der Waals surface area contributed by atoms with E-state index in [2.05, 4.69) is 24.1 Å². The molecule has 2 saturated heterocycles. The maximum Gasteiger partial charge on any atom is 0.252 e. The second-order valence-corrected chi connectivity index (χ2v) is 9.30. The highest BCUT2D eigenvalue weighted by Crippen LogP contribution is 2.32. The van der Waals surface area contributed by atoms with Crippen molar-refractivity contribution in [3.63, 3.8) is 0 Å². The summed E-state index contributed by atoms with van der Waals surface area (Å²) in [6.45, 7) is 6.89. The number of benzene rings is 2. The number of rotatable bonds is 5. The number of hydrogen-bond donors (Lipinski definition) is 1. The zero-order valence-electron chi connectivity index (χ0n) is 18.5. The molecule has 4 rings (SSSR count). The van der Waals surface area contributed by atoms with Crippen LogP contribution in [0.15, 0.2) is 36.4 Å². The molecule has 2 fully saturated rings. The maximum atomic E-state index is 14.4. The lowest BCUT2D eigenvalue weighted by atomic mass is 9.97. The van der Waals surface area contributed by atoms with Crippen LogP contribution in [0.4, 0.5) is 10.1 Å². The molecule has 1 N–H and O–H groups in total. The minimum absolute atomic E-state index is 0.0720. The van der Waals surface area contributed by atoms with E-state index in [0.717, 1.165) is 38.0 Å². The fourth-order valence-electron chi connectivity index (χ4n) is 4.56. The molecule has 0 unspecified atom stereocenters. The summed E-state index contributed by atoms with van der Waals surface area (Å²) in [5, 5.41) is 3.03. The zero-order valence-corrected chi connectivity index (χ0v) is 19.3. The van der Waals surface area contributed by atoms with Crippen molar-refractivity contribution in [2.75, 3.05) is 24.5 Å². The maximum absolute atomic E-state index is 14.4. The number of amides is 2. The van der Waals surface area contributed by atoms with Gasteiger partial charge in [0.15, 0.2) is 0 Å². The van der Waals surface area contributed by atoms with E-state index in [9.17, 15) is 14.0 Å². The summed E-state index contributed by atoms with van der Waals surface area (Å²) in [6, 6.07) is 10.6. The lowest BCUT2D eigenvalue weighted by Crippen LogP contribution is -2.46. The summed E-state index contributed by atoms with van der Waals surface area (Å²) in [7, 11) is 0. The van der Waals surface area contributed by atoms with E-state index in [0.29, 0.717) is 35.7 Å². The number of hydrogen-bond acceptors (Lipinski definition) is 3. The smallest absolute Gasteiger partial charge is 0.252 e. The molecule has 7 heteroatoms. The molecule has 2 aromatic rings. The summed E-state index contributed by atoms with van der Waals surface area (Å²) < 4.78 is 14.4. The van der Waals surface area contributed by atoms with Crippen LogP contribution < -0.4 is 10.2 Å². The summed E-state index contributed by atoms with van der Waals surface area (Å²) in [5.41, 5.74) is 2.25. The van der Waals surface area contributed by atoms with Gasteiger partial charge in [-0.1, -0.05) is 23.7 Å². The molecule has 2 aliphatic rings. The zero-order chi connectivity index (χ0) is 22.8. The van der Waals surface area contributed by atoms with E-state index in [1.807, 2.05) is 24.3 Å². The van der Waals surface area contributed by atoms with Gasteiger partial charge in [0.1, 0.15) is 5.82 Å². The van der Waals surface area contributed by atoms with E-state index in [1.54, 1.807) is 4.90 Å². The van der Waals surface area contributed by atoms with Crippen molar-refractivity contribution in [3.05, 3.63) is 52.8 Å². The highest BCUT2D eigenvalue weighted by Gasteiger charge is 2.25. The number of halogens is 2. The monoisotopic (exact) mass is 457 g/mol. The summed E-state index contributed by atoms with van der Waals surface area (Å²) in [6.07, 6.45) is 3.10. The molecule has 2 heterocycles. The van der Waals surface area contributed by atoms with Crippen molar-refractivity contribution in [2.24, 2.45) is 0 Å². The summed E-state index contributed by atoms with van der Waals surface area (Å²) in [4.78, 5) is 29.5. The van der Waals surface area contributed by atoms with Gasteiger partial charge in [-0.05, 0) is 68.5 Å². The van der Waals surface area contributed by atoms with Gasteiger partial charge in [-0.25, -0.2) is 4.39 Å². The number of piperidine rings is 1. The van der Waals surface area contributed by atoms with Crippen molar-refractivity contribution in [3.8, 4) is 11.1 Å². The highest BCUT2D eigenvalue weighted by atomic mass is 35.5. The third-order valence-electron chi connectivity index (χ3n) is 6.44. The van der Waals surface area contributed by atoms with Crippen LogP contribution in [0.25, 0.3) is 11.1 Å². The lowest BCUT2D eigenvalue weighted by Gasteiger charge is -2.35. The Morgan fingerprint density at radius 3 is 2.56 bits per heavy atom. The lowest BCUT2D eigenvalue weighted by molar-refractivity contribution is -0.117. The minimum Gasteiger partial charge on any atom is -0.349 e. The van der Waals surface area contributed by atoms with Crippen molar-refractivity contribution >= 4 is 29.1 Å². The van der Waals surface area contributed by atoms with Gasteiger partial charge >= 0.3 is 0 Å². The van der Waals surface area contributed by atoms with Gasteiger partial charge in [-0.3, -0.25) is 9.59 Å². The minimum atomic E-state index is -0.578. The Morgan fingerprint density at radius 1 is 1.16 bits per heavy atom. The SMILES string of the molecule is CC(C)N1CCC(NC(=O)c2cc(Cl)c(F)cc2-c2cccc(N3CCCC3=O)c2)CC1. The summed E-state index contributed by atoms with van der Waals surface area (Å²) in [5.74, 6) is -0.756. The van der Waals surface area contributed by atoms with Crippen LogP contribution in [0.3, 0.4) is 0 Å². The Labute approximate surface area is 193 Å². The van der Waals surface area contributed by atoms with Crippen LogP contribution >= 0.6 is 11.6 Å². The molecule has 2 aliphatic heterocycles. The molecule has 5 nitrogen and oxygen atoms in total. The van der Waals surface area contributed by atoms with Gasteiger partial charge in [-0.2, -0.15) is 0 Å². The largest absolute Gasteiger partial charge is 0.349 e. The Morgan fingerprint density at radius 2 is 1.91 bits per heavy atom. The van der Waals surface area contributed by atoms with Crippen LogP contribution in [0, 0.1) is 5.82 Å². The van der Waals surface area contributed by atoms with Crippen LogP contribution in [-0.2, 0) is 4.79 Å². The number of likely N-dealkylation sites (tertiary alicyclic amines) is 1. The molecule has 0 aliphatic carbocycles. The van der Waals surface area contributed by atoms with Gasteiger partial charge in [0.25, 0.3) is 5.91 Å². The average molecular weight is 458 g/mol. The average Bonchev–Trinajstić information content (AvgIpc) is 3.21. The van der Waals surface area contributed by atoms with E-state index in [4.69, 9.17) is 11.6 Å². The standard InChI is InChI=1S/C25H29ClFN3O2/c1-16(2)29-11-8-18(9-12-29)28-25(32)21-14-22(26)23(27)15-20(21)17-5-3-6-19(13-17)30-10-4-7-24(30)31/h3,5-6,13-16,18H,4,7-12H2,1-2H3,(H,28,32). The van der Waals surface area contributed by atoms with Gasteiger partial charge < -0.3 is 15.1 Å². The normalized spacial score (nSPS) is 17.9. The molecular formula is C25H29ClFN3O2. The van der Waals surface area contributed by atoms with Crippen LogP contribution in [0.1, 0.15) is 49.9 Å².